The number of piperidine rings is 1. The van der Waals surface area contributed by atoms with E-state index in [1.165, 1.54) is 24.0 Å². The van der Waals surface area contributed by atoms with Gasteiger partial charge >= 0.3 is 0 Å². The van der Waals surface area contributed by atoms with Gasteiger partial charge in [-0.05, 0) is 37.4 Å². The fourth-order valence-electron chi connectivity index (χ4n) is 2.76. The molecule has 19 heavy (non-hydrogen) atoms. The van der Waals surface area contributed by atoms with Crippen molar-refractivity contribution < 1.29 is 4.52 Å². The van der Waals surface area contributed by atoms with Crippen LogP contribution in [0.4, 0.5) is 0 Å². The van der Waals surface area contributed by atoms with Crippen LogP contribution in [0.3, 0.4) is 0 Å². The van der Waals surface area contributed by atoms with Gasteiger partial charge in [0.05, 0.1) is 6.20 Å². The Labute approximate surface area is 114 Å². The Kier molecular flexibility index (Phi) is 3.94. The Hall–Kier alpha value is -1.61. The van der Waals surface area contributed by atoms with Gasteiger partial charge < -0.3 is 9.84 Å². The minimum Gasteiger partial charge on any atom is -0.361 e. The lowest BCUT2D eigenvalue weighted by Crippen LogP contribution is -2.28. The molecule has 0 aliphatic carbocycles. The molecule has 0 spiro atoms. The first-order chi connectivity index (χ1) is 9.42. The highest BCUT2D eigenvalue weighted by atomic mass is 16.5. The summed E-state index contributed by atoms with van der Waals surface area (Å²) in [4.78, 5) is 0. The number of benzene rings is 1. The first kappa shape index (κ1) is 12.4. The lowest BCUT2D eigenvalue weighted by atomic mass is 9.91. The summed E-state index contributed by atoms with van der Waals surface area (Å²) < 4.78 is 5.47. The van der Waals surface area contributed by atoms with Crippen molar-refractivity contribution in [3.63, 3.8) is 0 Å². The molecule has 1 aromatic carbocycles. The van der Waals surface area contributed by atoms with Crippen molar-refractivity contribution >= 4 is 0 Å². The minimum atomic E-state index is 0.740. The molecule has 100 valence electrons. The van der Waals surface area contributed by atoms with Gasteiger partial charge in [0, 0.05) is 18.4 Å². The third-order valence-corrected chi connectivity index (χ3v) is 3.90. The van der Waals surface area contributed by atoms with Crippen LogP contribution in [0.2, 0.25) is 0 Å². The number of nitrogens with one attached hydrogen (secondary N) is 1. The summed E-state index contributed by atoms with van der Waals surface area (Å²) in [6.45, 7) is 2.26. The van der Waals surface area contributed by atoms with E-state index in [9.17, 15) is 0 Å². The van der Waals surface area contributed by atoms with Crippen LogP contribution in [-0.2, 0) is 12.8 Å². The minimum absolute atomic E-state index is 0.740. The second-order valence-electron chi connectivity index (χ2n) is 5.33. The fraction of sp³-hybridized carbons (Fsp3) is 0.438. The Morgan fingerprint density at radius 2 is 1.95 bits per heavy atom. The largest absolute Gasteiger partial charge is 0.361 e. The normalized spacial score (nSPS) is 16.6. The lowest BCUT2D eigenvalue weighted by Gasteiger charge is -2.21. The topological polar surface area (TPSA) is 38.1 Å². The summed E-state index contributed by atoms with van der Waals surface area (Å²) in [5, 5.41) is 7.40. The van der Waals surface area contributed by atoms with Crippen LogP contribution in [0.15, 0.2) is 41.1 Å². The molecule has 1 saturated heterocycles. The lowest BCUT2D eigenvalue weighted by molar-refractivity contribution is 0.317. The predicted octanol–water partition coefficient (Wildman–Crippen LogP) is 2.81. The van der Waals surface area contributed by atoms with E-state index in [1.807, 2.05) is 12.3 Å². The van der Waals surface area contributed by atoms with Gasteiger partial charge in [-0.25, -0.2) is 0 Å². The van der Waals surface area contributed by atoms with Crippen LogP contribution in [0, 0.1) is 5.92 Å². The SMILES string of the molecule is c1ccc(Cc2cnoc2CC2CCNCC2)cc1. The van der Waals surface area contributed by atoms with E-state index in [0.717, 1.165) is 37.6 Å². The molecule has 1 fully saturated rings. The Balaban J connectivity index is 1.68. The molecule has 0 unspecified atom stereocenters. The number of aromatic nitrogens is 1. The van der Waals surface area contributed by atoms with Gasteiger partial charge in [-0.15, -0.1) is 0 Å². The highest BCUT2D eigenvalue weighted by Gasteiger charge is 2.18. The zero-order chi connectivity index (χ0) is 12.9. The van der Waals surface area contributed by atoms with Crippen molar-refractivity contribution in [2.75, 3.05) is 13.1 Å². The van der Waals surface area contributed by atoms with Crippen molar-refractivity contribution in [2.24, 2.45) is 5.92 Å². The summed E-state index contributed by atoms with van der Waals surface area (Å²) in [7, 11) is 0. The first-order valence-electron chi connectivity index (χ1n) is 7.09. The van der Waals surface area contributed by atoms with Crippen LogP contribution >= 0.6 is 0 Å². The second-order valence-corrected chi connectivity index (χ2v) is 5.33. The third-order valence-electron chi connectivity index (χ3n) is 3.90. The van der Waals surface area contributed by atoms with Crippen LogP contribution in [0.25, 0.3) is 0 Å². The number of hydrogen-bond acceptors (Lipinski definition) is 3. The molecule has 0 radical (unpaired) electrons. The fourth-order valence-corrected chi connectivity index (χ4v) is 2.76. The highest BCUT2D eigenvalue weighted by Crippen LogP contribution is 2.22. The van der Waals surface area contributed by atoms with E-state index in [4.69, 9.17) is 4.52 Å². The molecular formula is C16H20N2O. The van der Waals surface area contributed by atoms with Gasteiger partial charge in [-0.2, -0.15) is 0 Å². The van der Waals surface area contributed by atoms with Gasteiger partial charge in [0.15, 0.2) is 0 Å². The molecule has 3 heteroatoms. The zero-order valence-corrected chi connectivity index (χ0v) is 11.1. The van der Waals surface area contributed by atoms with Crippen molar-refractivity contribution in [1.29, 1.82) is 0 Å². The zero-order valence-electron chi connectivity index (χ0n) is 11.1. The van der Waals surface area contributed by atoms with Crippen molar-refractivity contribution in [3.05, 3.63) is 53.4 Å². The molecule has 1 aromatic heterocycles. The van der Waals surface area contributed by atoms with E-state index < -0.39 is 0 Å². The van der Waals surface area contributed by atoms with Gasteiger partial charge in [0.25, 0.3) is 0 Å². The van der Waals surface area contributed by atoms with Gasteiger partial charge in [0.1, 0.15) is 5.76 Å². The van der Waals surface area contributed by atoms with Crippen molar-refractivity contribution in [2.45, 2.75) is 25.7 Å². The van der Waals surface area contributed by atoms with E-state index in [1.54, 1.807) is 0 Å². The molecular weight excluding hydrogens is 236 g/mol. The molecule has 0 amide bonds. The molecule has 1 aliphatic rings. The molecule has 0 bridgehead atoms. The number of nitrogens with zero attached hydrogens (tertiary/aromatic N) is 1. The monoisotopic (exact) mass is 256 g/mol. The second kappa shape index (κ2) is 6.02. The molecule has 2 aromatic rings. The Morgan fingerprint density at radius 3 is 2.74 bits per heavy atom. The van der Waals surface area contributed by atoms with E-state index in [0.29, 0.717) is 0 Å². The van der Waals surface area contributed by atoms with Crippen molar-refractivity contribution in [1.82, 2.24) is 10.5 Å². The molecule has 3 nitrogen and oxygen atoms in total. The maximum Gasteiger partial charge on any atom is 0.140 e. The average Bonchev–Trinajstić information content (AvgIpc) is 2.88. The van der Waals surface area contributed by atoms with E-state index >= 15 is 0 Å². The molecule has 0 saturated carbocycles. The highest BCUT2D eigenvalue weighted by molar-refractivity contribution is 5.26. The molecule has 1 aliphatic heterocycles. The summed E-state index contributed by atoms with van der Waals surface area (Å²) in [5.74, 6) is 1.82. The molecule has 3 rings (SSSR count). The summed E-state index contributed by atoms with van der Waals surface area (Å²) >= 11 is 0. The standard InChI is InChI=1S/C16H20N2O/c1-2-4-13(5-3-1)10-15-12-18-19-16(15)11-14-6-8-17-9-7-14/h1-5,12,14,17H,6-11H2. The van der Waals surface area contributed by atoms with E-state index in [-0.39, 0.29) is 0 Å². The van der Waals surface area contributed by atoms with Crippen molar-refractivity contribution in [3.8, 4) is 0 Å². The molecule has 1 N–H and O–H groups in total. The Morgan fingerprint density at radius 1 is 1.16 bits per heavy atom. The number of hydrogen-bond donors (Lipinski definition) is 1. The first-order valence-corrected chi connectivity index (χ1v) is 7.09. The summed E-state index contributed by atoms with van der Waals surface area (Å²) in [6, 6.07) is 10.5. The van der Waals surface area contributed by atoms with Crippen LogP contribution in [0.5, 0.6) is 0 Å². The molecule has 0 atom stereocenters. The van der Waals surface area contributed by atoms with E-state index in [2.05, 4.69) is 34.7 Å². The van der Waals surface area contributed by atoms with Crippen LogP contribution in [-0.4, -0.2) is 18.2 Å². The van der Waals surface area contributed by atoms with Crippen LogP contribution < -0.4 is 5.32 Å². The molecule has 2 heterocycles. The quantitative estimate of drug-likeness (QED) is 0.914. The predicted molar refractivity (Wildman–Crippen MR) is 75.0 cm³/mol. The summed E-state index contributed by atoms with van der Waals surface area (Å²) in [6.07, 6.45) is 6.31. The van der Waals surface area contributed by atoms with Gasteiger partial charge in [0.2, 0.25) is 0 Å². The van der Waals surface area contributed by atoms with Gasteiger partial charge in [-0.3, -0.25) is 0 Å². The van der Waals surface area contributed by atoms with Crippen LogP contribution in [0.1, 0.15) is 29.7 Å². The van der Waals surface area contributed by atoms with Gasteiger partial charge in [-0.1, -0.05) is 35.5 Å². The average molecular weight is 256 g/mol. The third kappa shape index (κ3) is 3.24. The maximum absolute atomic E-state index is 5.47. The smallest absolute Gasteiger partial charge is 0.140 e. The number of rotatable bonds is 4. The maximum atomic E-state index is 5.47. The summed E-state index contributed by atoms with van der Waals surface area (Å²) in [5.41, 5.74) is 2.56. The Bertz CT molecular complexity index is 500.